The molecule has 2 rings (SSSR count). The monoisotopic (exact) mass is 312 g/mol. The van der Waals surface area contributed by atoms with Gasteiger partial charge in [-0.05, 0) is 46.3 Å². The number of benzene rings is 1. The number of aromatic nitrogens is 1. The number of anilines is 1. The molecule has 0 aliphatic heterocycles. The number of nitrogens with zero attached hydrogens (tertiary/aromatic N) is 1. The predicted molar refractivity (Wildman–Crippen MR) is 66.2 cm³/mol. The maximum Gasteiger partial charge on any atom is 0.259 e. The van der Waals surface area contributed by atoms with E-state index in [1.54, 1.807) is 12.1 Å². The Morgan fingerprint density at radius 1 is 1.22 bits per heavy atom. The van der Waals surface area contributed by atoms with Gasteiger partial charge in [0.2, 0.25) is 0 Å². The summed E-state index contributed by atoms with van der Waals surface area (Å²) in [6.07, 6.45) is 1.48. The molecule has 0 atom stereocenters. The number of halogens is 3. The molecule has 2 aromatic rings. The highest BCUT2D eigenvalue weighted by Crippen LogP contribution is 2.14. The molecule has 1 heterocycles. The van der Waals surface area contributed by atoms with Crippen molar-refractivity contribution >= 4 is 27.7 Å². The molecule has 3 nitrogen and oxygen atoms in total. The molecule has 1 aromatic heterocycles. The third-order valence-electron chi connectivity index (χ3n) is 2.14. The van der Waals surface area contributed by atoms with Gasteiger partial charge in [-0.3, -0.25) is 4.79 Å². The van der Waals surface area contributed by atoms with Crippen LogP contribution in [0.1, 0.15) is 10.4 Å². The lowest BCUT2D eigenvalue weighted by molar-refractivity contribution is 0.102. The van der Waals surface area contributed by atoms with Gasteiger partial charge in [-0.25, -0.2) is 13.8 Å². The number of hydrogen-bond donors (Lipinski definition) is 1. The Labute approximate surface area is 110 Å². The molecule has 1 N–H and O–H groups in total. The molecule has 0 saturated carbocycles. The minimum Gasteiger partial charge on any atom is -0.306 e. The lowest BCUT2D eigenvalue weighted by atomic mass is 10.2. The quantitative estimate of drug-likeness (QED) is 0.923. The summed E-state index contributed by atoms with van der Waals surface area (Å²) in [4.78, 5) is 15.6. The first-order valence-corrected chi connectivity index (χ1v) is 5.73. The van der Waals surface area contributed by atoms with Gasteiger partial charge < -0.3 is 5.32 Å². The highest BCUT2D eigenvalue weighted by molar-refractivity contribution is 9.10. The fourth-order valence-electron chi connectivity index (χ4n) is 1.30. The summed E-state index contributed by atoms with van der Waals surface area (Å²) in [5, 5.41) is 2.38. The van der Waals surface area contributed by atoms with Gasteiger partial charge >= 0.3 is 0 Å². The number of pyridine rings is 1. The van der Waals surface area contributed by atoms with Crippen LogP contribution in [0.4, 0.5) is 14.6 Å². The topological polar surface area (TPSA) is 42.0 Å². The van der Waals surface area contributed by atoms with Gasteiger partial charge in [0.15, 0.2) is 0 Å². The molecule has 0 fully saturated rings. The molecule has 0 aliphatic carbocycles. The van der Waals surface area contributed by atoms with Crippen molar-refractivity contribution in [3.63, 3.8) is 0 Å². The minimum atomic E-state index is -0.786. The Kier molecular flexibility index (Phi) is 3.66. The van der Waals surface area contributed by atoms with Crippen molar-refractivity contribution in [1.82, 2.24) is 4.98 Å². The van der Waals surface area contributed by atoms with Crippen molar-refractivity contribution in [3.05, 3.63) is 58.2 Å². The van der Waals surface area contributed by atoms with Crippen molar-refractivity contribution < 1.29 is 13.6 Å². The van der Waals surface area contributed by atoms with E-state index in [9.17, 15) is 13.6 Å². The van der Waals surface area contributed by atoms with Crippen LogP contribution < -0.4 is 5.32 Å². The van der Waals surface area contributed by atoms with Gasteiger partial charge in [0.1, 0.15) is 17.5 Å². The number of amides is 1. The Bertz CT molecular complexity index is 587. The lowest BCUT2D eigenvalue weighted by Gasteiger charge is -2.05. The fraction of sp³-hybridized carbons (Fsp3) is 0. The fourth-order valence-corrected chi connectivity index (χ4v) is 1.54. The Morgan fingerprint density at radius 2 is 2.00 bits per heavy atom. The first-order valence-electron chi connectivity index (χ1n) is 4.94. The van der Waals surface area contributed by atoms with E-state index in [4.69, 9.17) is 0 Å². The van der Waals surface area contributed by atoms with E-state index in [2.05, 4.69) is 26.2 Å². The van der Waals surface area contributed by atoms with Gasteiger partial charge in [-0.15, -0.1) is 0 Å². The van der Waals surface area contributed by atoms with Crippen LogP contribution in [0.3, 0.4) is 0 Å². The van der Waals surface area contributed by atoms with Crippen LogP contribution in [0.2, 0.25) is 0 Å². The second-order valence-corrected chi connectivity index (χ2v) is 4.36. The van der Waals surface area contributed by atoms with Crippen molar-refractivity contribution in [2.45, 2.75) is 0 Å². The van der Waals surface area contributed by atoms with Crippen LogP contribution in [-0.4, -0.2) is 10.9 Å². The van der Waals surface area contributed by atoms with Crippen molar-refractivity contribution in [2.24, 2.45) is 0 Å². The van der Waals surface area contributed by atoms with E-state index in [0.717, 1.165) is 22.7 Å². The molecule has 0 saturated heterocycles. The van der Waals surface area contributed by atoms with Crippen LogP contribution in [0.15, 0.2) is 41.0 Å². The van der Waals surface area contributed by atoms with Gasteiger partial charge in [-0.2, -0.15) is 0 Å². The van der Waals surface area contributed by atoms with E-state index < -0.39 is 17.5 Å². The number of nitrogens with one attached hydrogen (secondary N) is 1. The smallest absolute Gasteiger partial charge is 0.259 e. The van der Waals surface area contributed by atoms with E-state index in [1.807, 2.05) is 0 Å². The molecular weight excluding hydrogens is 306 g/mol. The summed E-state index contributed by atoms with van der Waals surface area (Å²) in [6, 6.07) is 5.90. The third-order valence-corrected chi connectivity index (χ3v) is 2.61. The van der Waals surface area contributed by atoms with Crippen LogP contribution in [0.25, 0.3) is 0 Å². The number of hydrogen-bond acceptors (Lipinski definition) is 2. The molecule has 18 heavy (non-hydrogen) atoms. The molecule has 1 aromatic carbocycles. The molecule has 6 heteroatoms. The van der Waals surface area contributed by atoms with Crippen molar-refractivity contribution in [2.75, 3.05) is 5.32 Å². The molecule has 0 spiro atoms. The highest BCUT2D eigenvalue weighted by atomic mass is 79.9. The zero-order valence-corrected chi connectivity index (χ0v) is 10.5. The van der Waals surface area contributed by atoms with E-state index in [-0.39, 0.29) is 11.4 Å². The largest absolute Gasteiger partial charge is 0.306 e. The maximum absolute atomic E-state index is 13.3. The van der Waals surface area contributed by atoms with Crippen molar-refractivity contribution in [3.8, 4) is 0 Å². The summed E-state index contributed by atoms with van der Waals surface area (Å²) in [7, 11) is 0. The standard InChI is InChI=1S/C12H7BrF2N2O/c13-7-1-4-11(16-6-7)17-12(18)9-5-8(14)2-3-10(9)15/h1-6H,(H,16,17,18). The van der Waals surface area contributed by atoms with Gasteiger partial charge in [-0.1, -0.05) is 0 Å². The molecular formula is C12H7BrF2N2O. The molecule has 1 amide bonds. The molecule has 0 aliphatic rings. The van der Waals surface area contributed by atoms with Crippen molar-refractivity contribution in [1.29, 1.82) is 0 Å². The lowest BCUT2D eigenvalue weighted by Crippen LogP contribution is -2.14. The van der Waals surface area contributed by atoms with Crippen LogP contribution in [0.5, 0.6) is 0 Å². The zero-order chi connectivity index (χ0) is 13.1. The van der Waals surface area contributed by atoms with Gasteiger partial charge in [0.05, 0.1) is 5.56 Å². The SMILES string of the molecule is O=C(Nc1ccc(Br)cn1)c1cc(F)ccc1F. The number of carbonyl (C=O) groups excluding carboxylic acids is 1. The van der Waals surface area contributed by atoms with E-state index in [0.29, 0.717) is 0 Å². The van der Waals surface area contributed by atoms with E-state index >= 15 is 0 Å². The summed E-state index contributed by atoms with van der Waals surface area (Å²) in [5.74, 6) is -1.95. The molecule has 0 unspecified atom stereocenters. The van der Waals surface area contributed by atoms with Crippen LogP contribution >= 0.6 is 15.9 Å². The Morgan fingerprint density at radius 3 is 2.67 bits per heavy atom. The Hall–Kier alpha value is -1.82. The summed E-state index contributed by atoms with van der Waals surface area (Å²) < 4.78 is 27.0. The Balaban J connectivity index is 2.21. The summed E-state index contributed by atoms with van der Waals surface area (Å²) in [5.41, 5.74) is -0.361. The summed E-state index contributed by atoms with van der Waals surface area (Å²) >= 11 is 3.19. The second kappa shape index (κ2) is 5.22. The van der Waals surface area contributed by atoms with Gasteiger partial charge in [0.25, 0.3) is 5.91 Å². The normalized spacial score (nSPS) is 10.2. The van der Waals surface area contributed by atoms with Gasteiger partial charge in [0, 0.05) is 10.7 Å². The van der Waals surface area contributed by atoms with Crippen LogP contribution in [-0.2, 0) is 0 Å². The number of rotatable bonds is 2. The minimum absolute atomic E-state index is 0.256. The maximum atomic E-state index is 13.3. The van der Waals surface area contributed by atoms with E-state index in [1.165, 1.54) is 6.20 Å². The zero-order valence-electron chi connectivity index (χ0n) is 8.95. The van der Waals surface area contributed by atoms with Crippen LogP contribution in [0, 0.1) is 11.6 Å². The third kappa shape index (κ3) is 2.89. The number of carbonyl (C=O) groups is 1. The second-order valence-electron chi connectivity index (χ2n) is 3.44. The first kappa shape index (κ1) is 12.6. The molecule has 0 radical (unpaired) electrons. The molecule has 0 bridgehead atoms. The average molecular weight is 313 g/mol. The summed E-state index contributed by atoms with van der Waals surface area (Å²) in [6.45, 7) is 0. The molecule has 92 valence electrons. The highest BCUT2D eigenvalue weighted by Gasteiger charge is 2.13. The average Bonchev–Trinajstić information content (AvgIpc) is 2.35. The first-order chi connectivity index (χ1) is 8.56. The predicted octanol–water partition coefficient (Wildman–Crippen LogP) is 3.37.